The molecule has 106 valence electrons. The monoisotopic (exact) mass is 300 g/mol. The number of rotatable bonds is 3. The van der Waals surface area contributed by atoms with Gasteiger partial charge in [-0.2, -0.15) is 0 Å². The van der Waals surface area contributed by atoms with Crippen molar-refractivity contribution in [3.8, 4) is 0 Å². The predicted octanol–water partition coefficient (Wildman–Crippen LogP) is 2.48. The van der Waals surface area contributed by atoms with Crippen LogP contribution in [0.25, 0.3) is 11.0 Å². The van der Waals surface area contributed by atoms with Gasteiger partial charge in [0.05, 0.1) is 35.6 Å². The third kappa shape index (κ3) is 2.68. The largest absolute Gasteiger partial charge is 0.465 e. The van der Waals surface area contributed by atoms with Crippen LogP contribution in [0.5, 0.6) is 0 Å². The SMILES string of the molecule is COC(=O)c1cc(N)cnc1Sc1nc2ccccc2[nH]1. The van der Waals surface area contributed by atoms with Crippen LogP contribution in [0.4, 0.5) is 5.69 Å². The summed E-state index contributed by atoms with van der Waals surface area (Å²) in [6.45, 7) is 0. The normalized spacial score (nSPS) is 10.7. The number of fused-ring (bicyclic) bond motifs is 1. The van der Waals surface area contributed by atoms with Crippen molar-refractivity contribution in [1.29, 1.82) is 0 Å². The number of pyridine rings is 1. The van der Waals surface area contributed by atoms with Crippen LogP contribution in [0.1, 0.15) is 10.4 Å². The number of ether oxygens (including phenoxy) is 1. The zero-order valence-electron chi connectivity index (χ0n) is 11.2. The minimum absolute atomic E-state index is 0.322. The van der Waals surface area contributed by atoms with Crippen molar-refractivity contribution in [3.63, 3.8) is 0 Å². The maximum atomic E-state index is 11.8. The van der Waals surface area contributed by atoms with E-state index in [1.165, 1.54) is 25.1 Å². The number of anilines is 1. The molecule has 0 saturated heterocycles. The number of nitrogens with one attached hydrogen (secondary N) is 1. The summed E-state index contributed by atoms with van der Waals surface area (Å²) in [7, 11) is 1.32. The molecule has 0 aliphatic heterocycles. The molecule has 6 nitrogen and oxygen atoms in total. The van der Waals surface area contributed by atoms with E-state index in [0.29, 0.717) is 21.4 Å². The Labute approximate surface area is 124 Å². The van der Waals surface area contributed by atoms with Gasteiger partial charge in [0.1, 0.15) is 5.03 Å². The van der Waals surface area contributed by atoms with Crippen molar-refractivity contribution in [1.82, 2.24) is 15.0 Å². The fourth-order valence-electron chi connectivity index (χ4n) is 1.88. The number of para-hydroxylation sites is 2. The topological polar surface area (TPSA) is 93.9 Å². The van der Waals surface area contributed by atoms with Gasteiger partial charge in [-0.25, -0.2) is 14.8 Å². The number of hydrogen-bond donors (Lipinski definition) is 2. The van der Waals surface area contributed by atoms with Crippen LogP contribution in [0.3, 0.4) is 0 Å². The molecule has 3 rings (SSSR count). The molecule has 3 aromatic rings. The summed E-state index contributed by atoms with van der Waals surface area (Å²) in [4.78, 5) is 23.6. The number of carbonyl (C=O) groups is 1. The fraction of sp³-hybridized carbons (Fsp3) is 0.0714. The molecule has 0 atom stereocenters. The predicted molar refractivity (Wildman–Crippen MR) is 80.2 cm³/mol. The van der Waals surface area contributed by atoms with E-state index < -0.39 is 5.97 Å². The van der Waals surface area contributed by atoms with Gasteiger partial charge in [-0.05, 0) is 30.0 Å². The van der Waals surface area contributed by atoms with E-state index >= 15 is 0 Å². The first-order chi connectivity index (χ1) is 10.2. The van der Waals surface area contributed by atoms with Crippen LogP contribution in [-0.2, 0) is 4.74 Å². The summed E-state index contributed by atoms with van der Waals surface area (Å²) >= 11 is 1.26. The highest BCUT2D eigenvalue weighted by molar-refractivity contribution is 7.99. The van der Waals surface area contributed by atoms with Gasteiger partial charge in [-0.15, -0.1) is 0 Å². The lowest BCUT2D eigenvalue weighted by atomic mass is 10.3. The molecule has 0 spiro atoms. The molecule has 1 aromatic carbocycles. The number of benzene rings is 1. The summed E-state index contributed by atoms with van der Waals surface area (Å²) in [6, 6.07) is 9.23. The lowest BCUT2D eigenvalue weighted by Crippen LogP contribution is -2.05. The molecule has 0 unspecified atom stereocenters. The van der Waals surface area contributed by atoms with E-state index in [0.717, 1.165) is 11.0 Å². The van der Waals surface area contributed by atoms with Crippen LogP contribution in [0.15, 0.2) is 46.7 Å². The highest BCUT2D eigenvalue weighted by Gasteiger charge is 2.16. The van der Waals surface area contributed by atoms with Crippen LogP contribution in [0, 0.1) is 0 Å². The lowest BCUT2D eigenvalue weighted by Gasteiger charge is -2.05. The molecule has 2 heterocycles. The van der Waals surface area contributed by atoms with Gasteiger partial charge in [0.25, 0.3) is 0 Å². The van der Waals surface area contributed by atoms with E-state index in [1.807, 2.05) is 24.3 Å². The Morgan fingerprint density at radius 2 is 2.19 bits per heavy atom. The van der Waals surface area contributed by atoms with Gasteiger partial charge in [0.15, 0.2) is 5.16 Å². The molecule has 2 aromatic heterocycles. The van der Waals surface area contributed by atoms with Crippen molar-refractivity contribution in [3.05, 3.63) is 42.1 Å². The van der Waals surface area contributed by atoms with Crippen molar-refractivity contribution < 1.29 is 9.53 Å². The lowest BCUT2D eigenvalue weighted by molar-refractivity contribution is 0.0596. The minimum Gasteiger partial charge on any atom is -0.465 e. The molecule has 7 heteroatoms. The van der Waals surface area contributed by atoms with Crippen molar-refractivity contribution >= 4 is 34.5 Å². The number of carbonyl (C=O) groups excluding carboxylic acids is 1. The Hall–Kier alpha value is -2.54. The van der Waals surface area contributed by atoms with Gasteiger partial charge in [-0.1, -0.05) is 12.1 Å². The summed E-state index contributed by atoms with van der Waals surface area (Å²) in [5, 5.41) is 1.15. The van der Waals surface area contributed by atoms with E-state index in [1.54, 1.807) is 6.07 Å². The highest BCUT2D eigenvalue weighted by Crippen LogP contribution is 2.29. The number of aromatic amines is 1. The molecule has 0 saturated carbocycles. The second-order valence-corrected chi connectivity index (χ2v) is 5.25. The average Bonchev–Trinajstić information content (AvgIpc) is 2.90. The zero-order valence-corrected chi connectivity index (χ0v) is 12.0. The van der Waals surface area contributed by atoms with E-state index in [-0.39, 0.29) is 0 Å². The molecule has 0 radical (unpaired) electrons. The summed E-state index contributed by atoms with van der Waals surface area (Å²) in [5.41, 5.74) is 8.18. The highest BCUT2D eigenvalue weighted by atomic mass is 32.2. The first-order valence-corrected chi connectivity index (χ1v) is 6.95. The van der Waals surface area contributed by atoms with Gasteiger partial charge in [0, 0.05) is 0 Å². The van der Waals surface area contributed by atoms with Crippen LogP contribution < -0.4 is 5.73 Å². The van der Waals surface area contributed by atoms with Crippen LogP contribution in [0.2, 0.25) is 0 Å². The van der Waals surface area contributed by atoms with E-state index in [2.05, 4.69) is 15.0 Å². The standard InChI is InChI=1S/C14H12N4O2S/c1-20-13(19)9-6-8(15)7-16-12(9)21-14-17-10-4-2-3-5-11(10)18-14/h2-7H,15H2,1H3,(H,17,18). The Balaban J connectivity index is 1.99. The van der Waals surface area contributed by atoms with E-state index in [9.17, 15) is 4.79 Å². The van der Waals surface area contributed by atoms with E-state index in [4.69, 9.17) is 10.5 Å². The summed E-state index contributed by atoms with van der Waals surface area (Å²) in [6.07, 6.45) is 1.50. The maximum Gasteiger partial charge on any atom is 0.340 e. The number of nitrogen functional groups attached to an aromatic ring is 1. The van der Waals surface area contributed by atoms with Gasteiger partial charge >= 0.3 is 5.97 Å². The van der Waals surface area contributed by atoms with Gasteiger partial charge in [-0.3, -0.25) is 0 Å². The molecule has 0 bridgehead atoms. The van der Waals surface area contributed by atoms with Crippen molar-refractivity contribution in [2.75, 3.05) is 12.8 Å². The molecular formula is C14H12N4O2S. The van der Waals surface area contributed by atoms with Crippen molar-refractivity contribution in [2.45, 2.75) is 10.2 Å². The summed E-state index contributed by atoms with van der Waals surface area (Å²) in [5.74, 6) is -0.478. The average molecular weight is 300 g/mol. The Morgan fingerprint density at radius 1 is 1.38 bits per heavy atom. The van der Waals surface area contributed by atoms with Crippen LogP contribution >= 0.6 is 11.8 Å². The number of H-pyrrole nitrogens is 1. The third-order valence-corrected chi connectivity index (χ3v) is 3.74. The molecule has 21 heavy (non-hydrogen) atoms. The number of aromatic nitrogens is 3. The van der Waals surface area contributed by atoms with Crippen molar-refractivity contribution in [2.24, 2.45) is 0 Å². The third-order valence-electron chi connectivity index (χ3n) is 2.84. The smallest absolute Gasteiger partial charge is 0.340 e. The zero-order chi connectivity index (χ0) is 14.8. The van der Waals surface area contributed by atoms with Gasteiger partial charge in [0.2, 0.25) is 0 Å². The number of nitrogens with zero attached hydrogens (tertiary/aromatic N) is 2. The summed E-state index contributed by atoms with van der Waals surface area (Å²) < 4.78 is 4.75. The van der Waals surface area contributed by atoms with Gasteiger partial charge < -0.3 is 15.5 Å². The number of imidazole rings is 1. The second kappa shape index (κ2) is 5.45. The Kier molecular flexibility index (Phi) is 3.49. The molecule has 0 aliphatic carbocycles. The molecule has 3 N–H and O–H groups in total. The molecule has 0 amide bonds. The Morgan fingerprint density at radius 3 is 2.95 bits per heavy atom. The molecule has 0 fully saturated rings. The number of nitrogens with two attached hydrogens (primary N) is 1. The molecule has 0 aliphatic rings. The minimum atomic E-state index is -0.478. The number of esters is 1. The molecular weight excluding hydrogens is 288 g/mol. The Bertz CT molecular complexity index is 783. The first kappa shape index (κ1) is 13.4. The second-order valence-electron chi connectivity index (χ2n) is 4.27. The first-order valence-electron chi connectivity index (χ1n) is 6.14. The van der Waals surface area contributed by atoms with Crippen LogP contribution in [-0.4, -0.2) is 28.0 Å². The quantitative estimate of drug-likeness (QED) is 0.722. The maximum absolute atomic E-state index is 11.8. The number of methoxy groups -OCH3 is 1. The fourth-order valence-corrected chi connectivity index (χ4v) is 2.72. The number of hydrogen-bond acceptors (Lipinski definition) is 6.